The van der Waals surface area contributed by atoms with Crippen LogP contribution in [0.4, 0.5) is 10.1 Å². The Kier molecular flexibility index (Phi) is 5.61. The topological polar surface area (TPSA) is 49.4 Å². The van der Waals surface area contributed by atoms with Crippen LogP contribution in [0.3, 0.4) is 0 Å². The van der Waals surface area contributed by atoms with Gasteiger partial charge in [0.25, 0.3) is 11.8 Å². The Morgan fingerprint density at radius 2 is 1.52 bits per heavy atom. The summed E-state index contributed by atoms with van der Waals surface area (Å²) in [5.74, 6) is -0.961. The van der Waals surface area contributed by atoms with Gasteiger partial charge in [0.1, 0.15) is 5.82 Å². The lowest BCUT2D eigenvalue weighted by molar-refractivity contribution is 0.0785. The molecule has 3 aromatic carbocycles. The molecule has 2 amide bonds. The highest BCUT2D eigenvalue weighted by molar-refractivity contribution is 6.08. The van der Waals surface area contributed by atoms with Gasteiger partial charge in [-0.05, 0) is 30.3 Å². The van der Waals surface area contributed by atoms with Crippen molar-refractivity contribution in [1.29, 1.82) is 0 Å². The summed E-state index contributed by atoms with van der Waals surface area (Å²) in [6.07, 6.45) is 0. The van der Waals surface area contributed by atoms with Gasteiger partial charge in [0.2, 0.25) is 0 Å². The first kappa shape index (κ1) is 18.3. The molecule has 0 spiro atoms. The quantitative estimate of drug-likeness (QED) is 0.734. The molecule has 136 valence electrons. The third kappa shape index (κ3) is 4.39. The molecule has 0 fully saturated rings. The van der Waals surface area contributed by atoms with E-state index in [0.29, 0.717) is 22.4 Å². The second-order valence-electron chi connectivity index (χ2n) is 6.12. The van der Waals surface area contributed by atoms with E-state index in [-0.39, 0.29) is 24.2 Å². The number of hydrogen-bond donors (Lipinski definition) is 1. The molecule has 0 unspecified atom stereocenters. The molecule has 0 radical (unpaired) electrons. The molecule has 0 bridgehead atoms. The zero-order valence-corrected chi connectivity index (χ0v) is 14.9. The van der Waals surface area contributed by atoms with Gasteiger partial charge >= 0.3 is 0 Å². The van der Waals surface area contributed by atoms with E-state index in [1.807, 2.05) is 6.07 Å². The molecule has 27 heavy (non-hydrogen) atoms. The highest BCUT2D eigenvalue weighted by Crippen LogP contribution is 2.19. The number of benzene rings is 3. The van der Waals surface area contributed by atoms with Gasteiger partial charge in [0.05, 0.1) is 11.3 Å². The highest BCUT2D eigenvalue weighted by Gasteiger charge is 2.18. The molecule has 0 saturated heterocycles. The molecule has 0 saturated carbocycles. The normalized spacial score (nSPS) is 10.3. The van der Waals surface area contributed by atoms with Crippen LogP contribution in [-0.4, -0.2) is 23.8 Å². The fourth-order valence-corrected chi connectivity index (χ4v) is 2.72. The number of hydrogen-bond acceptors (Lipinski definition) is 2. The van der Waals surface area contributed by atoms with Crippen LogP contribution >= 0.6 is 0 Å². The molecule has 4 nitrogen and oxygen atoms in total. The van der Waals surface area contributed by atoms with Gasteiger partial charge in [-0.15, -0.1) is 0 Å². The van der Waals surface area contributed by atoms with Crippen LogP contribution in [0.5, 0.6) is 0 Å². The SMILES string of the molecule is CN(Cc1ccccc1F)C(=O)c1ccccc1NC(=O)c1ccccc1. The molecule has 5 heteroatoms. The predicted octanol–water partition coefficient (Wildman–Crippen LogP) is 4.35. The minimum atomic E-state index is -0.359. The lowest BCUT2D eigenvalue weighted by Crippen LogP contribution is -2.28. The van der Waals surface area contributed by atoms with E-state index < -0.39 is 0 Å². The number of para-hydroxylation sites is 1. The van der Waals surface area contributed by atoms with Crippen molar-refractivity contribution >= 4 is 17.5 Å². The van der Waals surface area contributed by atoms with Crippen molar-refractivity contribution in [3.05, 3.63) is 101 Å². The van der Waals surface area contributed by atoms with E-state index in [2.05, 4.69) is 5.32 Å². The first-order valence-electron chi connectivity index (χ1n) is 8.50. The van der Waals surface area contributed by atoms with Crippen LogP contribution < -0.4 is 5.32 Å². The monoisotopic (exact) mass is 362 g/mol. The first-order chi connectivity index (χ1) is 13.1. The molecule has 3 rings (SSSR count). The van der Waals surface area contributed by atoms with Gasteiger partial charge < -0.3 is 10.2 Å². The van der Waals surface area contributed by atoms with Crippen LogP contribution in [0.15, 0.2) is 78.9 Å². The number of nitrogens with one attached hydrogen (secondary N) is 1. The van der Waals surface area contributed by atoms with Crippen molar-refractivity contribution in [2.45, 2.75) is 6.54 Å². The Hall–Kier alpha value is -3.47. The van der Waals surface area contributed by atoms with Gasteiger partial charge in [0, 0.05) is 24.7 Å². The van der Waals surface area contributed by atoms with Crippen molar-refractivity contribution in [1.82, 2.24) is 4.90 Å². The fourth-order valence-electron chi connectivity index (χ4n) is 2.72. The lowest BCUT2D eigenvalue weighted by Gasteiger charge is -2.19. The molecule has 3 aromatic rings. The van der Waals surface area contributed by atoms with E-state index in [0.717, 1.165) is 0 Å². The Morgan fingerprint density at radius 3 is 2.26 bits per heavy atom. The summed E-state index contributed by atoms with van der Waals surface area (Å²) in [5.41, 5.74) is 1.69. The van der Waals surface area contributed by atoms with E-state index >= 15 is 0 Å². The molecule has 1 N–H and O–H groups in total. The zero-order valence-electron chi connectivity index (χ0n) is 14.9. The summed E-state index contributed by atoms with van der Waals surface area (Å²) >= 11 is 0. The summed E-state index contributed by atoms with van der Waals surface area (Å²) in [7, 11) is 1.60. The molecule has 0 aliphatic heterocycles. The van der Waals surface area contributed by atoms with Crippen LogP contribution in [0.1, 0.15) is 26.3 Å². The standard InChI is InChI=1S/C22H19FN2O2/c1-25(15-17-11-5-7-13-19(17)23)22(27)18-12-6-8-14-20(18)24-21(26)16-9-3-2-4-10-16/h2-14H,15H2,1H3,(H,24,26). The van der Waals surface area contributed by atoms with Crippen LogP contribution in [-0.2, 0) is 6.54 Å². The maximum Gasteiger partial charge on any atom is 0.256 e. The molecular formula is C22H19FN2O2. The second kappa shape index (κ2) is 8.27. The van der Waals surface area contributed by atoms with Crippen molar-refractivity contribution in [2.24, 2.45) is 0 Å². The summed E-state index contributed by atoms with van der Waals surface area (Å²) < 4.78 is 13.9. The first-order valence-corrected chi connectivity index (χ1v) is 8.50. The molecule has 0 heterocycles. The second-order valence-corrected chi connectivity index (χ2v) is 6.12. The van der Waals surface area contributed by atoms with Crippen molar-refractivity contribution < 1.29 is 14.0 Å². The predicted molar refractivity (Wildman–Crippen MR) is 103 cm³/mol. The summed E-state index contributed by atoms with van der Waals surface area (Å²) in [6, 6.07) is 21.9. The highest BCUT2D eigenvalue weighted by atomic mass is 19.1. The van der Waals surface area contributed by atoms with E-state index in [1.54, 1.807) is 73.8 Å². The molecule has 0 aliphatic rings. The largest absolute Gasteiger partial charge is 0.337 e. The van der Waals surface area contributed by atoms with E-state index in [4.69, 9.17) is 0 Å². The van der Waals surface area contributed by atoms with Crippen molar-refractivity contribution in [3.8, 4) is 0 Å². The number of carbonyl (C=O) groups excluding carboxylic acids is 2. The summed E-state index contributed by atoms with van der Waals surface area (Å²) in [6.45, 7) is 0.131. The van der Waals surface area contributed by atoms with E-state index in [9.17, 15) is 14.0 Å². The number of nitrogens with zero attached hydrogens (tertiary/aromatic N) is 1. The minimum absolute atomic E-state index is 0.131. The van der Waals surface area contributed by atoms with E-state index in [1.165, 1.54) is 11.0 Å². The Labute approximate surface area is 157 Å². The van der Waals surface area contributed by atoms with Gasteiger partial charge in [0.15, 0.2) is 0 Å². The molecule has 0 atom stereocenters. The third-order valence-corrected chi connectivity index (χ3v) is 4.15. The molecule has 0 aliphatic carbocycles. The third-order valence-electron chi connectivity index (χ3n) is 4.15. The number of carbonyl (C=O) groups is 2. The fraction of sp³-hybridized carbons (Fsp3) is 0.0909. The van der Waals surface area contributed by atoms with Gasteiger partial charge in [-0.25, -0.2) is 4.39 Å². The number of rotatable bonds is 5. The van der Waals surface area contributed by atoms with Crippen LogP contribution in [0.2, 0.25) is 0 Å². The molecular weight excluding hydrogens is 343 g/mol. The number of anilines is 1. The average molecular weight is 362 g/mol. The average Bonchev–Trinajstić information content (AvgIpc) is 2.70. The van der Waals surface area contributed by atoms with Crippen molar-refractivity contribution in [2.75, 3.05) is 12.4 Å². The van der Waals surface area contributed by atoms with Gasteiger partial charge in [-0.2, -0.15) is 0 Å². The maximum atomic E-state index is 13.9. The van der Waals surface area contributed by atoms with Gasteiger partial charge in [-0.1, -0.05) is 48.5 Å². The Morgan fingerprint density at radius 1 is 0.889 bits per heavy atom. The number of amides is 2. The van der Waals surface area contributed by atoms with Crippen molar-refractivity contribution in [3.63, 3.8) is 0 Å². The zero-order chi connectivity index (χ0) is 19.2. The van der Waals surface area contributed by atoms with Crippen LogP contribution in [0.25, 0.3) is 0 Å². The lowest BCUT2D eigenvalue weighted by atomic mass is 10.1. The Bertz CT molecular complexity index is 957. The smallest absolute Gasteiger partial charge is 0.256 e. The minimum Gasteiger partial charge on any atom is -0.337 e. The summed E-state index contributed by atoms with van der Waals surface area (Å²) in [4.78, 5) is 26.7. The van der Waals surface area contributed by atoms with Gasteiger partial charge in [-0.3, -0.25) is 9.59 Å². The molecule has 0 aromatic heterocycles. The maximum absolute atomic E-state index is 13.9. The number of halogens is 1. The Balaban J connectivity index is 1.79. The summed E-state index contributed by atoms with van der Waals surface area (Å²) in [5, 5.41) is 2.78. The van der Waals surface area contributed by atoms with Crippen LogP contribution in [0, 0.1) is 5.82 Å².